The van der Waals surface area contributed by atoms with Crippen LogP contribution in [0.15, 0.2) is 41.5 Å². The molecule has 2 N–H and O–H groups in total. The maximum Gasteiger partial charge on any atom is 0.276 e. The summed E-state index contributed by atoms with van der Waals surface area (Å²) < 4.78 is 33.3. The number of hydrogen-bond acceptors (Lipinski definition) is 7. The van der Waals surface area contributed by atoms with Crippen molar-refractivity contribution in [2.75, 3.05) is 25.0 Å². The van der Waals surface area contributed by atoms with Gasteiger partial charge in [-0.25, -0.2) is 18.7 Å². The number of aryl methyl sites for hydroxylation is 1. The molecule has 43 heavy (non-hydrogen) atoms. The number of nitriles is 1. The molecule has 0 unspecified atom stereocenters. The second-order valence-electron chi connectivity index (χ2n) is 12.3. The molecule has 226 valence electrons. The third kappa shape index (κ3) is 5.37. The van der Waals surface area contributed by atoms with Crippen molar-refractivity contribution in [2.45, 2.75) is 82.3 Å². The molecule has 1 aromatic carbocycles. The van der Waals surface area contributed by atoms with Gasteiger partial charge >= 0.3 is 0 Å². The highest BCUT2D eigenvalue weighted by molar-refractivity contribution is 5.87. The van der Waals surface area contributed by atoms with Crippen LogP contribution in [0.5, 0.6) is 0 Å². The van der Waals surface area contributed by atoms with Crippen LogP contribution in [0.4, 0.5) is 14.6 Å². The van der Waals surface area contributed by atoms with Crippen LogP contribution < -0.4 is 16.2 Å². The largest absolute Gasteiger partial charge is 0.363 e. The Morgan fingerprint density at radius 2 is 1.81 bits per heavy atom. The lowest BCUT2D eigenvalue weighted by Crippen LogP contribution is -2.49. The minimum absolute atomic E-state index is 0.0258. The standard InChI is InChI=1S/C32H37F2N7O2/c1-20-22-6-5-7-24(16-22)32(33,34)23-8-14-40(15-9-23)21(2)29(42)36-12-3-4-13-41-28-25(27(39-20)37-19-38-28)17-26(30(41)43)31(18-35)10-11-31/h5-7,16-17,19-21,23H,3-4,8-15H2,1-2H3,(H,36,42)(H,37,38,39)/t20-,21+/m1/s1. The van der Waals surface area contributed by atoms with Gasteiger partial charge in [-0.1, -0.05) is 18.2 Å². The summed E-state index contributed by atoms with van der Waals surface area (Å²) in [6, 6.07) is 9.78. The van der Waals surface area contributed by atoms with Gasteiger partial charge in [0, 0.05) is 36.2 Å². The molecule has 1 amide bonds. The molecular weight excluding hydrogens is 552 g/mol. The predicted octanol–water partition coefficient (Wildman–Crippen LogP) is 4.62. The lowest BCUT2D eigenvalue weighted by molar-refractivity contribution is -0.128. The molecule has 7 rings (SSSR count). The van der Waals surface area contributed by atoms with E-state index in [1.807, 2.05) is 24.8 Å². The van der Waals surface area contributed by atoms with Crippen molar-refractivity contribution in [1.29, 1.82) is 5.26 Å². The van der Waals surface area contributed by atoms with E-state index in [0.717, 1.165) is 0 Å². The van der Waals surface area contributed by atoms with Crippen LogP contribution in [-0.2, 0) is 22.7 Å². The number of rotatable bonds is 1. The third-order valence-electron chi connectivity index (χ3n) is 9.56. The van der Waals surface area contributed by atoms with E-state index in [2.05, 4.69) is 26.7 Å². The van der Waals surface area contributed by atoms with Crippen LogP contribution in [0.25, 0.3) is 11.0 Å². The molecule has 2 aromatic heterocycles. The number of aromatic nitrogens is 3. The molecule has 1 aliphatic carbocycles. The summed E-state index contributed by atoms with van der Waals surface area (Å²) in [5, 5.41) is 16.9. The molecule has 8 bridgehead atoms. The molecule has 5 heterocycles. The predicted molar refractivity (Wildman–Crippen MR) is 159 cm³/mol. The number of pyridine rings is 1. The number of alkyl halides is 2. The van der Waals surface area contributed by atoms with Gasteiger partial charge in [-0.05, 0) is 83.2 Å². The summed E-state index contributed by atoms with van der Waals surface area (Å²) in [5.41, 5.74) is 0.472. The topological polar surface area (TPSA) is 116 Å². The number of halogens is 2. The van der Waals surface area contributed by atoms with Crippen molar-refractivity contribution in [2.24, 2.45) is 5.92 Å². The molecular formula is C32H37F2N7O2. The normalized spacial score (nSPS) is 27.0. The van der Waals surface area contributed by atoms with E-state index in [0.29, 0.717) is 92.7 Å². The van der Waals surface area contributed by atoms with Gasteiger partial charge in [-0.15, -0.1) is 0 Å². The highest BCUT2D eigenvalue weighted by atomic mass is 19.3. The van der Waals surface area contributed by atoms with Crippen LogP contribution in [0.2, 0.25) is 0 Å². The first kappa shape index (κ1) is 29.2. The van der Waals surface area contributed by atoms with Crippen molar-refractivity contribution in [1.82, 2.24) is 24.8 Å². The quantitative estimate of drug-likeness (QED) is 0.426. The van der Waals surface area contributed by atoms with Crippen LogP contribution in [0.1, 0.15) is 75.1 Å². The maximum absolute atomic E-state index is 15.9. The summed E-state index contributed by atoms with van der Waals surface area (Å²) in [7, 11) is 0. The van der Waals surface area contributed by atoms with E-state index in [1.54, 1.807) is 22.8 Å². The molecule has 0 spiro atoms. The van der Waals surface area contributed by atoms with Gasteiger partial charge < -0.3 is 10.6 Å². The second kappa shape index (κ2) is 11.3. The lowest BCUT2D eigenvalue weighted by Gasteiger charge is -2.38. The van der Waals surface area contributed by atoms with Crippen molar-refractivity contribution < 1.29 is 13.6 Å². The van der Waals surface area contributed by atoms with E-state index < -0.39 is 23.3 Å². The number of anilines is 1. The minimum atomic E-state index is -3.02. The molecule has 2 atom stereocenters. The van der Waals surface area contributed by atoms with Gasteiger partial charge in [-0.3, -0.25) is 19.1 Å². The first-order valence-electron chi connectivity index (χ1n) is 15.2. The molecule has 4 aliphatic rings. The monoisotopic (exact) mass is 589 g/mol. The smallest absolute Gasteiger partial charge is 0.276 e. The Morgan fingerprint density at radius 3 is 2.53 bits per heavy atom. The summed E-state index contributed by atoms with van der Waals surface area (Å²) in [4.78, 5) is 37.5. The number of carbonyl (C=O) groups excluding carboxylic acids is 1. The minimum Gasteiger partial charge on any atom is -0.363 e. The Labute approximate surface area is 249 Å². The van der Waals surface area contributed by atoms with Gasteiger partial charge in [0.1, 0.15) is 17.8 Å². The molecule has 3 aliphatic heterocycles. The molecule has 3 aromatic rings. The highest BCUT2D eigenvalue weighted by Crippen LogP contribution is 2.47. The summed E-state index contributed by atoms with van der Waals surface area (Å²) >= 11 is 0. The van der Waals surface area contributed by atoms with E-state index >= 15 is 8.78 Å². The molecule has 11 heteroatoms. The van der Waals surface area contributed by atoms with Crippen LogP contribution in [-0.4, -0.2) is 51.0 Å². The van der Waals surface area contributed by atoms with Gasteiger partial charge in [0.05, 0.1) is 22.9 Å². The number of piperidine rings is 1. The number of fused-ring (bicyclic) bond motifs is 9. The number of hydrogen-bond donors (Lipinski definition) is 2. The fourth-order valence-electron chi connectivity index (χ4n) is 6.52. The Hall–Kier alpha value is -3.91. The van der Waals surface area contributed by atoms with Gasteiger partial charge in [0.15, 0.2) is 0 Å². The number of nitrogens with zero attached hydrogens (tertiary/aromatic N) is 5. The molecule has 1 saturated carbocycles. The van der Waals surface area contributed by atoms with E-state index in [-0.39, 0.29) is 23.1 Å². The van der Waals surface area contributed by atoms with Gasteiger partial charge in [0.25, 0.3) is 11.5 Å². The lowest BCUT2D eigenvalue weighted by atomic mass is 9.85. The summed E-state index contributed by atoms with van der Waals surface area (Å²) in [6.45, 7) is 5.37. The third-order valence-corrected chi connectivity index (χ3v) is 9.56. The zero-order valence-corrected chi connectivity index (χ0v) is 24.6. The molecule has 9 nitrogen and oxygen atoms in total. The van der Waals surface area contributed by atoms with Crippen molar-refractivity contribution in [3.63, 3.8) is 0 Å². The summed E-state index contributed by atoms with van der Waals surface area (Å²) in [5.74, 6) is -3.50. The first-order valence-corrected chi connectivity index (χ1v) is 15.2. The van der Waals surface area contributed by atoms with Crippen LogP contribution >= 0.6 is 0 Å². The average molecular weight is 590 g/mol. The maximum atomic E-state index is 15.9. The van der Waals surface area contributed by atoms with E-state index in [9.17, 15) is 14.9 Å². The van der Waals surface area contributed by atoms with Crippen molar-refractivity contribution in [3.05, 3.63) is 63.7 Å². The Bertz CT molecular complexity index is 1640. The fourth-order valence-corrected chi connectivity index (χ4v) is 6.52. The average Bonchev–Trinajstić information content (AvgIpc) is 3.82. The molecule has 1 saturated heterocycles. The number of amides is 1. The highest BCUT2D eigenvalue weighted by Gasteiger charge is 2.47. The van der Waals surface area contributed by atoms with Crippen molar-refractivity contribution in [3.8, 4) is 6.07 Å². The van der Waals surface area contributed by atoms with E-state index in [1.165, 1.54) is 12.4 Å². The van der Waals surface area contributed by atoms with Crippen LogP contribution in [0.3, 0.4) is 0 Å². The number of benzene rings is 1. The van der Waals surface area contributed by atoms with Gasteiger partial charge in [0.2, 0.25) is 5.91 Å². The SMILES string of the molecule is C[C@H]1Nc2ncnc3c2cc(C2(C#N)CC2)c(=O)n3CCCCNC(=O)[C@H](C)N2CCC(CC2)C(F)(F)c2cccc1c2. The Morgan fingerprint density at radius 1 is 1.05 bits per heavy atom. The molecule has 2 fully saturated rings. The number of nitrogens with one attached hydrogen (secondary N) is 2. The second-order valence-corrected chi connectivity index (χ2v) is 12.3. The Kier molecular flexibility index (Phi) is 7.67. The fraction of sp³-hybridized carbons (Fsp3) is 0.531. The Balaban J connectivity index is 1.42. The molecule has 0 radical (unpaired) electrons. The first-order chi connectivity index (χ1) is 20.6. The van der Waals surface area contributed by atoms with Gasteiger partial charge in [-0.2, -0.15) is 5.26 Å². The zero-order chi connectivity index (χ0) is 30.4. The van der Waals surface area contributed by atoms with E-state index in [4.69, 9.17) is 0 Å². The van der Waals surface area contributed by atoms with Crippen molar-refractivity contribution >= 4 is 22.8 Å². The number of carbonyl (C=O) groups is 1. The summed E-state index contributed by atoms with van der Waals surface area (Å²) in [6.07, 6.45) is 4.47. The van der Waals surface area contributed by atoms with Crippen LogP contribution in [0, 0.1) is 17.2 Å². The zero-order valence-electron chi connectivity index (χ0n) is 24.6.